The summed E-state index contributed by atoms with van der Waals surface area (Å²) in [6.45, 7) is 9.29. The molecule has 0 atom stereocenters. The SMILES string of the molecule is CCCCCCCCCCCCCCCCCCCc1c2nc(c(CCCCCCCCCCCCCCCCCCC)c3ccc([nH]3)c(CCCCCCCCCCCCCCCCCCC)c3ccc([nH]3)c(CCCCCCCCCCCCCCCCCCC)c3nc1C=C3)C=C2. The molecule has 4 heteroatoms. The number of hydrogen-bond acceptors (Lipinski definition) is 2. The van der Waals surface area contributed by atoms with Crippen LogP contribution in [0.4, 0.5) is 0 Å². The van der Waals surface area contributed by atoms with Crippen LogP contribution in [-0.4, -0.2) is 19.9 Å². The minimum absolute atomic E-state index is 1.03. The number of nitrogens with zero attached hydrogens (tertiary/aromatic N) is 2. The molecule has 2 aliphatic rings. The number of rotatable bonds is 72. The number of hydrogen-bond donors (Lipinski definition) is 2. The molecular weight excluding hydrogens is 1210 g/mol. The minimum Gasteiger partial charge on any atom is -0.355 e. The smallest absolute Gasteiger partial charge is 0.0691 e. The summed E-state index contributed by atoms with van der Waals surface area (Å²) in [5.74, 6) is 0. The fourth-order valence-corrected chi connectivity index (χ4v) is 16.6. The molecule has 0 radical (unpaired) electrons. The van der Waals surface area contributed by atoms with Crippen LogP contribution in [0.2, 0.25) is 0 Å². The third-order valence-corrected chi connectivity index (χ3v) is 23.3. The second-order valence-corrected chi connectivity index (χ2v) is 32.5. The van der Waals surface area contributed by atoms with Gasteiger partial charge in [-0.1, -0.05) is 439 Å². The van der Waals surface area contributed by atoms with Crippen molar-refractivity contribution in [1.82, 2.24) is 19.9 Å². The van der Waals surface area contributed by atoms with E-state index in [0.717, 1.165) is 37.1 Å². The van der Waals surface area contributed by atoms with Gasteiger partial charge in [0.2, 0.25) is 0 Å². The third kappa shape index (κ3) is 41.9. The molecule has 0 saturated heterocycles. The van der Waals surface area contributed by atoms with Gasteiger partial charge in [-0.2, -0.15) is 0 Å². The van der Waals surface area contributed by atoms with E-state index in [1.807, 2.05) is 0 Å². The summed E-state index contributed by atoms with van der Waals surface area (Å²) in [5, 5.41) is 0. The summed E-state index contributed by atoms with van der Waals surface area (Å²) in [4.78, 5) is 19.7. The number of aryl methyl sites for hydroxylation is 3. The molecule has 5 heterocycles. The predicted molar refractivity (Wildman–Crippen MR) is 450 cm³/mol. The van der Waals surface area contributed by atoms with Gasteiger partial charge in [-0.25, -0.2) is 9.97 Å². The fourth-order valence-electron chi connectivity index (χ4n) is 16.6. The van der Waals surface area contributed by atoms with E-state index < -0.39 is 0 Å². The Kier molecular flexibility index (Phi) is 54.9. The minimum atomic E-state index is 1.03. The Balaban J connectivity index is 1.28. The van der Waals surface area contributed by atoms with Crippen molar-refractivity contribution >= 4 is 46.4 Å². The van der Waals surface area contributed by atoms with Crippen molar-refractivity contribution in [1.29, 1.82) is 0 Å². The van der Waals surface area contributed by atoms with Crippen molar-refractivity contribution in [2.45, 2.75) is 490 Å². The maximum absolute atomic E-state index is 5.71. The Morgan fingerprint density at radius 1 is 0.170 bits per heavy atom. The second kappa shape index (κ2) is 62.9. The van der Waals surface area contributed by atoms with Crippen LogP contribution in [0, 0.1) is 0 Å². The Morgan fingerprint density at radius 2 is 0.310 bits per heavy atom. The number of fused-ring (bicyclic) bond motifs is 8. The summed E-state index contributed by atoms with van der Waals surface area (Å²) in [6.07, 6.45) is 109. The first-order chi connectivity index (χ1) is 49.7. The van der Waals surface area contributed by atoms with E-state index >= 15 is 0 Å². The van der Waals surface area contributed by atoms with Gasteiger partial charge in [0.1, 0.15) is 0 Å². The van der Waals surface area contributed by atoms with Gasteiger partial charge in [-0.15, -0.1) is 0 Å². The van der Waals surface area contributed by atoms with E-state index in [2.05, 4.69) is 86.2 Å². The van der Waals surface area contributed by atoms with Crippen LogP contribution in [0.1, 0.15) is 509 Å². The van der Waals surface area contributed by atoms with Crippen LogP contribution >= 0.6 is 0 Å². The molecule has 0 unspecified atom stereocenters. The molecule has 2 aliphatic heterocycles. The molecule has 4 nitrogen and oxygen atoms in total. The lowest BCUT2D eigenvalue weighted by Crippen LogP contribution is -1.97. The molecule has 570 valence electrons. The molecule has 3 aromatic rings. The highest BCUT2D eigenvalue weighted by molar-refractivity contribution is 5.83. The molecule has 2 N–H and O–H groups in total. The molecule has 100 heavy (non-hydrogen) atoms. The molecule has 0 aliphatic carbocycles. The lowest BCUT2D eigenvalue weighted by molar-refractivity contribution is 0.527. The van der Waals surface area contributed by atoms with Gasteiger partial charge in [0.05, 0.1) is 22.8 Å². The Hall–Kier alpha value is -3.40. The van der Waals surface area contributed by atoms with Crippen LogP contribution in [-0.2, 0) is 25.7 Å². The molecule has 0 fully saturated rings. The molecule has 3 aromatic heterocycles. The summed E-state index contributed by atoms with van der Waals surface area (Å²) in [7, 11) is 0. The van der Waals surface area contributed by atoms with Gasteiger partial charge in [0, 0.05) is 38.8 Å². The van der Waals surface area contributed by atoms with Gasteiger partial charge >= 0.3 is 0 Å². The zero-order valence-electron chi connectivity index (χ0n) is 67.4. The van der Waals surface area contributed by atoms with Gasteiger partial charge < -0.3 is 9.97 Å². The van der Waals surface area contributed by atoms with Crippen molar-refractivity contribution in [3.05, 3.63) is 69.3 Å². The molecule has 0 saturated carbocycles. The zero-order valence-corrected chi connectivity index (χ0v) is 67.4. The van der Waals surface area contributed by atoms with E-state index in [1.165, 1.54) is 492 Å². The van der Waals surface area contributed by atoms with Crippen molar-refractivity contribution in [2.24, 2.45) is 0 Å². The predicted octanol–water partition coefficient (Wildman–Crippen LogP) is 33.4. The quantitative estimate of drug-likeness (QED) is 0.0381. The van der Waals surface area contributed by atoms with Crippen LogP contribution in [0.5, 0.6) is 0 Å². The Labute approximate surface area is 622 Å². The molecule has 8 bridgehead atoms. The lowest BCUT2D eigenvalue weighted by Gasteiger charge is -2.07. The van der Waals surface area contributed by atoms with E-state index in [1.54, 1.807) is 0 Å². The van der Waals surface area contributed by atoms with Gasteiger partial charge in [-0.05, 0) is 105 Å². The topological polar surface area (TPSA) is 57.4 Å². The molecular formula is C96H166N4. The van der Waals surface area contributed by atoms with E-state index in [9.17, 15) is 0 Å². The summed E-state index contributed by atoms with van der Waals surface area (Å²) < 4.78 is 0. The number of unbranched alkanes of at least 4 members (excludes halogenated alkanes) is 64. The highest BCUT2D eigenvalue weighted by Crippen LogP contribution is 2.32. The highest BCUT2D eigenvalue weighted by atomic mass is 14.8. The second-order valence-electron chi connectivity index (χ2n) is 32.5. The first kappa shape index (κ1) is 87.2. The average Bonchev–Trinajstić information content (AvgIpc) is 1.64. The average molecular weight is 1380 g/mol. The molecule has 0 amide bonds. The Bertz CT molecular complexity index is 2450. The summed E-state index contributed by atoms with van der Waals surface area (Å²) >= 11 is 0. The maximum Gasteiger partial charge on any atom is 0.0691 e. The summed E-state index contributed by atoms with van der Waals surface area (Å²) in [6, 6.07) is 9.70. The maximum atomic E-state index is 5.71. The van der Waals surface area contributed by atoms with Crippen LogP contribution in [0.15, 0.2) is 24.3 Å². The number of nitrogens with one attached hydrogen (secondary N) is 2. The van der Waals surface area contributed by atoms with E-state index in [0.29, 0.717) is 0 Å². The molecule has 5 rings (SSSR count). The number of H-pyrrole nitrogens is 2. The largest absolute Gasteiger partial charge is 0.355 e. The van der Waals surface area contributed by atoms with Crippen LogP contribution in [0.3, 0.4) is 0 Å². The standard InChI is InChI=1S/C96H166N4/c1-5-9-13-17-21-25-29-33-37-41-45-49-53-57-61-65-69-73-85-89-77-79-91(97-89)86(74-70-66-62-58-54-50-46-42-38-34-30-26-22-18-14-10-6-2)93-81-83-95(99-93)88(76-72-68-64-60-56-52-48-44-40-36-32-28-24-20-16-12-8-4)96-84-82-94(100-96)87(92-80-78-90(85)98-92)75-71-67-63-59-55-51-47-43-39-35-31-27-23-19-15-11-7-3/h77-84,97-98H,5-76H2,1-4H3. The van der Waals surface area contributed by atoms with Crippen LogP contribution in [0.25, 0.3) is 46.4 Å². The monoisotopic (exact) mass is 1380 g/mol. The zero-order chi connectivity index (χ0) is 70.3. The van der Waals surface area contributed by atoms with Crippen molar-refractivity contribution in [3.8, 4) is 0 Å². The van der Waals surface area contributed by atoms with E-state index in [-0.39, 0.29) is 0 Å². The molecule has 0 aromatic carbocycles. The van der Waals surface area contributed by atoms with Gasteiger partial charge in [0.25, 0.3) is 0 Å². The summed E-state index contributed by atoms with van der Waals surface area (Å²) in [5.41, 5.74) is 15.3. The first-order valence-electron chi connectivity index (χ1n) is 45.8. The lowest BCUT2D eigenvalue weighted by atomic mass is 10.0. The van der Waals surface area contributed by atoms with Crippen LogP contribution < -0.4 is 0 Å². The Morgan fingerprint density at radius 3 is 0.500 bits per heavy atom. The highest BCUT2D eigenvalue weighted by Gasteiger charge is 2.18. The molecule has 0 spiro atoms. The first-order valence-corrected chi connectivity index (χ1v) is 45.8. The van der Waals surface area contributed by atoms with Crippen molar-refractivity contribution in [2.75, 3.05) is 0 Å². The normalized spacial score (nSPS) is 12.2. The van der Waals surface area contributed by atoms with Gasteiger partial charge in [-0.3, -0.25) is 0 Å². The van der Waals surface area contributed by atoms with E-state index in [4.69, 9.17) is 9.97 Å². The fraction of sp³-hybridized carbons (Fsp3) is 0.792. The number of aromatic amines is 2. The van der Waals surface area contributed by atoms with Gasteiger partial charge in [0.15, 0.2) is 0 Å². The van der Waals surface area contributed by atoms with Crippen molar-refractivity contribution < 1.29 is 0 Å². The third-order valence-electron chi connectivity index (χ3n) is 23.3. The number of aromatic nitrogens is 4. The van der Waals surface area contributed by atoms with Crippen molar-refractivity contribution in [3.63, 3.8) is 0 Å².